The molecule has 0 saturated carbocycles. The smallest absolute Gasteiger partial charge is 0.423 e. The molecule has 1 aromatic rings. The lowest BCUT2D eigenvalue weighted by atomic mass is 9.77. The van der Waals surface area contributed by atoms with Crippen molar-refractivity contribution in [1.29, 1.82) is 0 Å². The van der Waals surface area contributed by atoms with E-state index >= 15 is 0 Å². The van der Waals surface area contributed by atoms with Gasteiger partial charge in [0.25, 0.3) is 5.92 Å². The zero-order chi connectivity index (χ0) is 18.2. The van der Waals surface area contributed by atoms with E-state index in [0.29, 0.717) is 11.1 Å². The van der Waals surface area contributed by atoms with E-state index in [1.54, 1.807) is 13.8 Å². The summed E-state index contributed by atoms with van der Waals surface area (Å²) < 4.78 is 35.1. The first-order chi connectivity index (χ1) is 10.2. The Labute approximate surface area is 139 Å². The highest BCUT2D eigenvalue weighted by Gasteiger charge is 2.42. The Hall–Kier alpha value is -0.758. The number of halogens is 2. The normalized spacial score (nSPS) is 13.3. The molecule has 1 aromatic carbocycles. The third kappa shape index (κ3) is 4.62. The third-order valence-corrected chi connectivity index (χ3v) is 9.12. The van der Waals surface area contributed by atoms with Crippen LogP contribution in [-0.2, 0) is 10.3 Å². The number of hydrogen-bond acceptors (Lipinski definition) is 3. The molecule has 0 fully saturated rings. The number of aryl methyl sites for hydroxylation is 2. The quantitative estimate of drug-likeness (QED) is 0.807. The van der Waals surface area contributed by atoms with Gasteiger partial charge in [-0.2, -0.15) is 8.78 Å². The summed E-state index contributed by atoms with van der Waals surface area (Å²) in [5, 5.41) is 18.3. The summed E-state index contributed by atoms with van der Waals surface area (Å²) in [7, 11) is -3.94. The van der Waals surface area contributed by atoms with E-state index in [0.717, 1.165) is 0 Å². The van der Waals surface area contributed by atoms with Gasteiger partial charge < -0.3 is 14.5 Å². The van der Waals surface area contributed by atoms with Crippen molar-refractivity contribution in [2.45, 2.75) is 58.7 Å². The maximum atomic E-state index is 14.7. The van der Waals surface area contributed by atoms with Crippen molar-refractivity contribution < 1.29 is 23.3 Å². The van der Waals surface area contributed by atoms with Crippen LogP contribution in [0.1, 0.15) is 37.5 Å². The van der Waals surface area contributed by atoms with Crippen LogP contribution in [0.15, 0.2) is 12.1 Å². The number of rotatable bonds is 5. The van der Waals surface area contributed by atoms with Crippen molar-refractivity contribution >= 4 is 20.9 Å². The van der Waals surface area contributed by atoms with Gasteiger partial charge in [-0.1, -0.05) is 32.9 Å². The standard InChI is InChI=1S/C16H27BF2O3Si/c1-11-8-13(17(20)21)9-12(2)14(11)16(18,19)10-22-23(6,7)15(3,4)5/h8-9,20-21H,10H2,1-7H3. The lowest BCUT2D eigenvalue weighted by molar-refractivity contribution is -0.0518. The van der Waals surface area contributed by atoms with E-state index in [9.17, 15) is 18.8 Å². The van der Waals surface area contributed by atoms with E-state index in [4.69, 9.17) is 4.43 Å². The van der Waals surface area contributed by atoms with Crippen LogP contribution in [0.3, 0.4) is 0 Å². The highest BCUT2D eigenvalue weighted by molar-refractivity contribution is 6.74. The van der Waals surface area contributed by atoms with Gasteiger partial charge in [-0.15, -0.1) is 0 Å². The molecular weight excluding hydrogens is 317 g/mol. The average molecular weight is 344 g/mol. The fourth-order valence-electron chi connectivity index (χ4n) is 2.28. The molecule has 2 N–H and O–H groups in total. The zero-order valence-corrected chi connectivity index (χ0v) is 16.0. The molecule has 130 valence electrons. The number of benzene rings is 1. The molecule has 1 rings (SSSR count). The summed E-state index contributed by atoms with van der Waals surface area (Å²) in [6.07, 6.45) is 0. The molecule has 0 unspecified atom stereocenters. The third-order valence-electron chi connectivity index (χ3n) is 4.64. The summed E-state index contributed by atoms with van der Waals surface area (Å²) in [4.78, 5) is 0. The molecule has 0 bridgehead atoms. The van der Waals surface area contributed by atoms with Crippen LogP contribution < -0.4 is 5.46 Å². The molecule has 0 saturated heterocycles. The first kappa shape index (κ1) is 20.3. The van der Waals surface area contributed by atoms with Gasteiger partial charge >= 0.3 is 7.12 Å². The van der Waals surface area contributed by atoms with Gasteiger partial charge in [0.1, 0.15) is 6.61 Å². The Morgan fingerprint density at radius 2 is 1.52 bits per heavy atom. The van der Waals surface area contributed by atoms with Gasteiger partial charge in [-0.25, -0.2) is 0 Å². The van der Waals surface area contributed by atoms with Crippen LogP contribution in [0.4, 0.5) is 8.78 Å². The van der Waals surface area contributed by atoms with Crippen LogP contribution in [0, 0.1) is 13.8 Å². The molecule has 0 atom stereocenters. The van der Waals surface area contributed by atoms with Crippen LogP contribution in [0.5, 0.6) is 0 Å². The summed E-state index contributed by atoms with van der Waals surface area (Å²) in [6, 6.07) is 2.76. The van der Waals surface area contributed by atoms with Crippen LogP contribution in [0.2, 0.25) is 18.1 Å². The minimum atomic E-state index is -3.12. The molecule has 0 heterocycles. The Balaban J connectivity index is 3.10. The van der Waals surface area contributed by atoms with Crippen molar-refractivity contribution in [2.24, 2.45) is 0 Å². The largest absolute Gasteiger partial charge is 0.488 e. The van der Waals surface area contributed by atoms with Gasteiger partial charge in [0, 0.05) is 5.56 Å². The van der Waals surface area contributed by atoms with E-state index < -0.39 is 28.0 Å². The van der Waals surface area contributed by atoms with Crippen molar-refractivity contribution in [3.63, 3.8) is 0 Å². The second kappa shape index (κ2) is 6.63. The lowest BCUT2D eigenvalue weighted by Gasteiger charge is -2.37. The number of hydrogen-bond donors (Lipinski definition) is 2. The Morgan fingerprint density at radius 1 is 1.09 bits per heavy atom. The van der Waals surface area contributed by atoms with E-state index in [-0.39, 0.29) is 16.1 Å². The van der Waals surface area contributed by atoms with E-state index in [2.05, 4.69) is 0 Å². The van der Waals surface area contributed by atoms with Gasteiger partial charge in [0.15, 0.2) is 8.32 Å². The lowest BCUT2D eigenvalue weighted by Crippen LogP contribution is -2.43. The van der Waals surface area contributed by atoms with Crippen LogP contribution in [0.25, 0.3) is 0 Å². The van der Waals surface area contributed by atoms with Gasteiger partial charge in [0.2, 0.25) is 0 Å². The molecule has 0 amide bonds. The monoisotopic (exact) mass is 344 g/mol. The summed E-state index contributed by atoms with van der Waals surface area (Å²) in [5.41, 5.74) is 0.777. The van der Waals surface area contributed by atoms with Crippen molar-refractivity contribution in [3.05, 3.63) is 28.8 Å². The van der Waals surface area contributed by atoms with Crippen molar-refractivity contribution in [3.8, 4) is 0 Å². The highest BCUT2D eigenvalue weighted by Crippen LogP contribution is 2.40. The predicted molar refractivity (Wildman–Crippen MR) is 92.8 cm³/mol. The molecule has 3 nitrogen and oxygen atoms in total. The molecule has 0 spiro atoms. The van der Waals surface area contributed by atoms with E-state index in [1.807, 2.05) is 33.9 Å². The van der Waals surface area contributed by atoms with E-state index in [1.165, 1.54) is 12.1 Å². The molecule has 23 heavy (non-hydrogen) atoms. The zero-order valence-electron chi connectivity index (χ0n) is 15.0. The highest BCUT2D eigenvalue weighted by atomic mass is 28.4. The molecule has 0 aliphatic heterocycles. The molecule has 0 aromatic heterocycles. The topological polar surface area (TPSA) is 49.7 Å². The average Bonchev–Trinajstić information content (AvgIpc) is 2.34. The molecule has 7 heteroatoms. The van der Waals surface area contributed by atoms with Gasteiger partial charge in [-0.05, 0) is 48.6 Å². The number of alkyl halides is 2. The maximum absolute atomic E-state index is 14.7. The maximum Gasteiger partial charge on any atom is 0.488 e. The predicted octanol–water partition coefficient (Wildman–Crippen LogP) is 3.10. The molecular formula is C16H27BF2O3Si. The SMILES string of the molecule is Cc1cc(B(O)O)cc(C)c1C(F)(F)CO[Si](C)(C)C(C)(C)C. The van der Waals surface area contributed by atoms with Gasteiger partial charge in [0.05, 0.1) is 0 Å². The molecule has 0 radical (unpaired) electrons. The molecule has 0 aliphatic carbocycles. The molecule has 0 aliphatic rings. The summed E-state index contributed by atoms with van der Waals surface area (Å²) >= 11 is 0. The minimum Gasteiger partial charge on any atom is -0.423 e. The Morgan fingerprint density at radius 3 is 1.87 bits per heavy atom. The fraction of sp³-hybridized carbons (Fsp3) is 0.625. The van der Waals surface area contributed by atoms with Gasteiger partial charge in [-0.3, -0.25) is 0 Å². The van der Waals surface area contributed by atoms with Crippen LogP contribution in [-0.4, -0.2) is 32.1 Å². The summed E-state index contributed by atoms with van der Waals surface area (Å²) in [5.74, 6) is -3.12. The minimum absolute atomic E-state index is 0.0967. The van der Waals surface area contributed by atoms with Crippen LogP contribution >= 0.6 is 0 Å². The summed E-state index contributed by atoms with van der Waals surface area (Å²) in [6.45, 7) is 12.3. The first-order valence-electron chi connectivity index (χ1n) is 7.68. The van der Waals surface area contributed by atoms with Crippen molar-refractivity contribution in [1.82, 2.24) is 0 Å². The fourth-order valence-corrected chi connectivity index (χ4v) is 3.26. The Kier molecular flexibility index (Phi) is 5.84. The Bertz CT molecular complexity index is 546. The first-order valence-corrected chi connectivity index (χ1v) is 10.6. The van der Waals surface area contributed by atoms with Crippen molar-refractivity contribution in [2.75, 3.05) is 6.61 Å². The second-order valence-electron chi connectivity index (χ2n) is 7.66. The second-order valence-corrected chi connectivity index (χ2v) is 12.5.